The number of hydrogen-bond donors (Lipinski definition) is 0. The molecule has 0 saturated carbocycles. The number of aliphatic imine (C=N–C) groups is 1. The molecule has 172 valence electrons. The highest BCUT2D eigenvalue weighted by Gasteiger charge is 2.14. The summed E-state index contributed by atoms with van der Waals surface area (Å²) in [7, 11) is 4.11. The minimum atomic E-state index is 1.05. The van der Waals surface area contributed by atoms with Crippen molar-refractivity contribution in [2.45, 2.75) is 80.1 Å². The quantitative estimate of drug-likeness (QED) is 0.230. The molecule has 0 spiro atoms. The molecular weight excluding hydrogens is 376 g/mol. The molecule has 2 heteroatoms. The predicted molar refractivity (Wildman–Crippen MR) is 141 cm³/mol. The van der Waals surface area contributed by atoms with Crippen molar-refractivity contribution < 1.29 is 0 Å². The smallest absolute Gasteiger partial charge is 0.0639 e. The molecule has 1 aliphatic carbocycles. The van der Waals surface area contributed by atoms with Gasteiger partial charge in [-0.1, -0.05) is 74.3 Å². The van der Waals surface area contributed by atoms with E-state index in [1.807, 2.05) is 7.05 Å². The van der Waals surface area contributed by atoms with Crippen molar-refractivity contribution in [2.75, 3.05) is 27.2 Å². The van der Waals surface area contributed by atoms with Crippen LogP contribution in [0.1, 0.15) is 80.1 Å². The summed E-state index contributed by atoms with van der Waals surface area (Å²) in [4.78, 5) is 6.96. The van der Waals surface area contributed by atoms with E-state index in [-0.39, 0.29) is 0 Å². The Kier molecular flexibility index (Phi) is 13.1. The number of hydrogen-bond acceptors (Lipinski definition) is 2. The Morgan fingerprint density at radius 3 is 2.42 bits per heavy atom. The van der Waals surface area contributed by atoms with Gasteiger partial charge in [0.2, 0.25) is 0 Å². The number of allylic oxidation sites excluding steroid dienone is 10. The van der Waals surface area contributed by atoms with E-state index in [1.165, 1.54) is 40.7 Å². The topological polar surface area (TPSA) is 15.6 Å². The van der Waals surface area contributed by atoms with Gasteiger partial charge in [0, 0.05) is 13.6 Å². The average Bonchev–Trinajstić information content (AvgIpc) is 2.97. The fraction of sp³-hybridized carbons (Fsp3) is 0.552. The maximum absolute atomic E-state index is 4.56. The van der Waals surface area contributed by atoms with Crippen LogP contribution in [0.4, 0.5) is 0 Å². The minimum absolute atomic E-state index is 1.05. The van der Waals surface area contributed by atoms with Crippen LogP contribution in [0, 0.1) is 0 Å². The van der Waals surface area contributed by atoms with E-state index in [0.717, 1.165) is 44.5 Å². The van der Waals surface area contributed by atoms with Gasteiger partial charge in [0.15, 0.2) is 0 Å². The molecule has 0 amide bonds. The highest BCUT2D eigenvalue weighted by Crippen LogP contribution is 2.29. The van der Waals surface area contributed by atoms with Crippen LogP contribution in [0.2, 0.25) is 0 Å². The Labute approximate surface area is 192 Å². The lowest BCUT2D eigenvalue weighted by molar-refractivity contribution is 0.384. The van der Waals surface area contributed by atoms with Crippen molar-refractivity contribution >= 4 is 5.71 Å². The van der Waals surface area contributed by atoms with Crippen molar-refractivity contribution in [1.82, 2.24) is 4.90 Å². The van der Waals surface area contributed by atoms with Crippen molar-refractivity contribution in [3.05, 3.63) is 69.9 Å². The van der Waals surface area contributed by atoms with E-state index in [1.54, 1.807) is 5.57 Å². The molecular formula is C29H46N2. The maximum Gasteiger partial charge on any atom is 0.0639 e. The van der Waals surface area contributed by atoms with E-state index in [0.29, 0.717) is 0 Å². The van der Waals surface area contributed by atoms with Crippen LogP contribution in [-0.2, 0) is 0 Å². The Bertz CT molecular complexity index is 782. The molecule has 0 unspecified atom stereocenters. The maximum atomic E-state index is 4.56. The standard InChI is InChI=1S/C29H46N2/c1-9-14-25-19-16-24(17-20-26(25)22-31(8)13-5)18-21-28(23(6)11-3)27(12-4)29(30-7)15-10-2/h10,12,15-17,20H,9,11,13-14,18-19,21-22H2,1-8H3/b15-10-,27-12+,28-23-,30-29+. The van der Waals surface area contributed by atoms with E-state index >= 15 is 0 Å². The van der Waals surface area contributed by atoms with Gasteiger partial charge in [-0.2, -0.15) is 0 Å². The fourth-order valence-corrected chi connectivity index (χ4v) is 4.08. The lowest BCUT2D eigenvalue weighted by Crippen LogP contribution is -2.20. The Morgan fingerprint density at radius 2 is 1.87 bits per heavy atom. The molecule has 0 aromatic rings. The first-order valence-electron chi connectivity index (χ1n) is 12.2. The number of likely N-dealkylation sites (N-methyl/N-ethyl adjacent to an activating group) is 1. The zero-order valence-corrected chi connectivity index (χ0v) is 21.5. The summed E-state index contributed by atoms with van der Waals surface area (Å²) in [6.07, 6.45) is 20.4. The molecule has 0 aromatic heterocycles. The van der Waals surface area contributed by atoms with Gasteiger partial charge in [-0.3, -0.25) is 4.99 Å². The summed E-state index contributed by atoms with van der Waals surface area (Å²) in [5, 5.41) is 0. The lowest BCUT2D eigenvalue weighted by Gasteiger charge is -2.17. The monoisotopic (exact) mass is 422 g/mol. The summed E-state index contributed by atoms with van der Waals surface area (Å²) in [6.45, 7) is 15.4. The van der Waals surface area contributed by atoms with Gasteiger partial charge in [-0.15, -0.1) is 0 Å². The second kappa shape index (κ2) is 15.0. The molecule has 2 nitrogen and oxygen atoms in total. The van der Waals surface area contributed by atoms with Gasteiger partial charge < -0.3 is 4.90 Å². The zero-order chi connectivity index (χ0) is 23.2. The third kappa shape index (κ3) is 8.61. The molecule has 0 atom stereocenters. The van der Waals surface area contributed by atoms with E-state index in [4.69, 9.17) is 0 Å². The second-order valence-corrected chi connectivity index (χ2v) is 8.45. The number of rotatable bonds is 12. The highest BCUT2D eigenvalue weighted by molar-refractivity contribution is 6.11. The van der Waals surface area contributed by atoms with Crippen LogP contribution >= 0.6 is 0 Å². The Hall–Kier alpha value is -1.93. The minimum Gasteiger partial charge on any atom is -0.302 e. The first kappa shape index (κ1) is 27.1. The lowest BCUT2D eigenvalue weighted by atomic mass is 9.89. The summed E-state index contributed by atoms with van der Waals surface area (Å²) in [6, 6.07) is 0. The molecule has 0 radical (unpaired) electrons. The Morgan fingerprint density at radius 1 is 1.13 bits per heavy atom. The first-order valence-corrected chi connectivity index (χ1v) is 12.2. The van der Waals surface area contributed by atoms with Crippen LogP contribution in [0.3, 0.4) is 0 Å². The predicted octanol–water partition coefficient (Wildman–Crippen LogP) is 8.02. The van der Waals surface area contributed by atoms with E-state index in [9.17, 15) is 0 Å². The molecule has 0 heterocycles. The molecule has 0 bridgehead atoms. The zero-order valence-electron chi connectivity index (χ0n) is 21.5. The van der Waals surface area contributed by atoms with Crippen LogP contribution < -0.4 is 0 Å². The van der Waals surface area contributed by atoms with Crippen molar-refractivity contribution in [3.8, 4) is 0 Å². The van der Waals surface area contributed by atoms with E-state index in [2.05, 4.69) is 94.9 Å². The SMILES string of the molecule is C\C=C/C(=N\C)C(=C/C)/C(CCC1=CCC(CCC)=C(CN(C)CC)C=C1)=C(/C)CC. The van der Waals surface area contributed by atoms with Gasteiger partial charge in [-0.25, -0.2) is 0 Å². The summed E-state index contributed by atoms with van der Waals surface area (Å²) in [5.41, 5.74) is 9.86. The molecule has 31 heavy (non-hydrogen) atoms. The van der Waals surface area contributed by atoms with Crippen LogP contribution in [0.15, 0.2) is 74.9 Å². The average molecular weight is 423 g/mol. The molecule has 0 N–H and O–H groups in total. The van der Waals surface area contributed by atoms with Crippen molar-refractivity contribution in [2.24, 2.45) is 4.99 Å². The second-order valence-electron chi connectivity index (χ2n) is 8.45. The van der Waals surface area contributed by atoms with Gasteiger partial charge in [0.25, 0.3) is 0 Å². The van der Waals surface area contributed by atoms with Crippen LogP contribution in [0.5, 0.6) is 0 Å². The van der Waals surface area contributed by atoms with Crippen LogP contribution in [0.25, 0.3) is 0 Å². The molecule has 0 saturated heterocycles. The van der Waals surface area contributed by atoms with Gasteiger partial charge in [-0.05, 0) is 89.3 Å². The first-order chi connectivity index (χ1) is 14.9. The molecule has 0 fully saturated rings. The fourth-order valence-electron chi connectivity index (χ4n) is 4.08. The third-order valence-electron chi connectivity index (χ3n) is 6.26. The van der Waals surface area contributed by atoms with E-state index < -0.39 is 0 Å². The normalized spacial score (nSPS) is 16.9. The molecule has 1 rings (SSSR count). The molecule has 0 aromatic carbocycles. The number of nitrogens with zero attached hydrogens (tertiary/aromatic N) is 2. The molecule has 0 aliphatic heterocycles. The highest BCUT2D eigenvalue weighted by atomic mass is 15.1. The Balaban J connectivity index is 3.09. The van der Waals surface area contributed by atoms with Crippen molar-refractivity contribution in [1.29, 1.82) is 0 Å². The van der Waals surface area contributed by atoms with Gasteiger partial charge in [0.05, 0.1) is 5.71 Å². The van der Waals surface area contributed by atoms with Crippen molar-refractivity contribution in [3.63, 3.8) is 0 Å². The summed E-state index contributed by atoms with van der Waals surface area (Å²) >= 11 is 0. The third-order valence-corrected chi connectivity index (χ3v) is 6.26. The van der Waals surface area contributed by atoms with Crippen LogP contribution in [-0.4, -0.2) is 37.8 Å². The van der Waals surface area contributed by atoms with Gasteiger partial charge in [0.1, 0.15) is 0 Å². The molecule has 1 aliphatic rings. The van der Waals surface area contributed by atoms with Gasteiger partial charge >= 0.3 is 0 Å². The summed E-state index contributed by atoms with van der Waals surface area (Å²) < 4.78 is 0. The summed E-state index contributed by atoms with van der Waals surface area (Å²) in [5.74, 6) is 0. The largest absolute Gasteiger partial charge is 0.302 e.